The maximum absolute atomic E-state index is 13.5. The van der Waals surface area contributed by atoms with Gasteiger partial charge in [0, 0.05) is 25.6 Å². The second-order valence-electron chi connectivity index (χ2n) is 10.3. The average molecular weight is 528 g/mol. The van der Waals surface area contributed by atoms with Gasteiger partial charge in [-0.1, -0.05) is 61.2 Å². The molecule has 0 aliphatic heterocycles. The Kier molecular flexibility index (Phi) is 10.1. The van der Waals surface area contributed by atoms with Crippen LogP contribution in [0.25, 0.3) is 0 Å². The van der Waals surface area contributed by atoms with Crippen LogP contribution in [0.5, 0.6) is 0 Å². The van der Waals surface area contributed by atoms with E-state index >= 15 is 0 Å². The van der Waals surface area contributed by atoms with Crippen LogP contribution in [-0.4, -0.2) is 50.0 Å². The Balaban J connectivity index is 1.71. The van der Waals surface area contributed by atoms with E-state index in [2.05, 4.69) is 5.32 Å². The lowest BCUT2D eigenvalue weighted by Gasteiger charge is -2.31. The number of anilines is 1. The van der Waals surface area contributed by atoms with Crippen molar-refractivity contribution in [2.45, 2.75) is 84.3 Å². The fourth-order valence-electron chi connectivity index (χ4n) is 4.83. The molecular weight excluding hydrogens is 486 g/mol. The molecule has 0 bridgehead atoms. The molecule has 1 fully saturated rings. The summed E-state index contributed by atoms with van der Waals surface area (Å²) in [6.45, 7) is 6.21. The first-order valence-corrected chi connectivity index (χ1v) is 15.1. The number of carbonyl (C=O) groups is 2. The van der Waals surface area contributed by atoms with Gasteiger partial charge in [-0.25, -0.2) is 8.42 Å². The van der Waals surface area contributed by atoms with Crippen LogP contribution in [0.2, 0.25) is 0 Å². The first-order valence-electron chi connectivity index (χ1n) is 13.2. The number of hydrogen-bond acceptors (Lipinski definition) is 4. The van der Waals surface area contributed by atoms with E-state index < -0.39 is 16.1 Å². The second kappa shape index (κ2) is 13.1. The highest BCUT2D eigenvalue weighted by Crippen LogP contribution is 2.21. The highest BCUT2D eigenvalue weighted by molar-refractivity contribution is 7.92. The van der Waals surface area contributed by atoms with Crippen molar-refractivity contribution in [1.82, 2.24) is 10.2 Å². The van der Waals surface area contributed by atoms with Crippen molar-refractivity contribution in [1.29, 1.82) is 0 Å². The van der Waals surface area contributed by atoms with E-state index in [4.69, 9.17) is 0 Å². The lowest BCUT2D eigenvalue weighted by Crippen LogP contribution is -2.50. The van der Waals surface area contributed by atoms with Gasteiger partial charge in [-0.3, -0.25) is 13.9 Å². The first kappa shape index (κ1) is 28.7. The van der Waals surface area contributed by atoms with E-state index in [1.54, 1.807) is 17.9 Å². The minimum atomic E-state index is -3.51. The summed E-state index contributed by atoms with van der Waals surface area (Å²) in [5.41, 5.74) is 3.63. The van der Waals surface area contributed by atoms with Crippen LogP contribution in [0, 0.1) is 13.8 Å². The monoisotopic (exact) mass is 527 g/mol. The highest BCUT2D eigenvalue weighted by atomic mass is 32.2. The molecule has 0 spiro atoms. The van der Waals surface area contributed by atoms with E-state index in [0.717, 1.165) is 42.4 Å². The molecular formula is C29H41N3O4S. The number of sulfonamides is 1. The van der Waals surface area contributed by atoms with Gasteiger partial charge >= 0.3 is 0 Å². The number of hydrogen-bond donors (Lipinski definition) is 1. The summed E-state index contributed by atoms with van der Waals surface area (Å²) in [5.74, 6) is -0.297. The summed E-state index contributed by atoms with van der Waals surface area (Å²) in [6.07, 6.45) is 7.05. The Labute approximate surface area is 222 Å². The highest BCUT2D eigenvalue weighted by Gasteiger charge is 2.28. The SMILES string of the molecule is Cc1ccc(CN(C(=O)CCCN(c2cccc(C)c2)S(C)(=O)=O)C(C)C(=O)NC2CCCCC2)cc1. The number of nitrogens with zero attached hydrogens (tertiary/aromatic N) is 2. The Morgan fingerprint density at radius 2 is 1.68 bits per heavy atom. The molecule has 1 aliphatic carbocycles. The summed E-state index contributed by atoms with van der Waals surface area (Å²) >= 11 is 0. The molecule has 1 N–H and O–H groups in total. The largest absolute Gasteiger partial charge is 0.352 e. The minimum absolute atomic E-state index is 0.134. The Morgan fingerprint density at radius 1 is 1.00 bits per heavy atom. The van der Waals surface area contributed by atoms with Crippen molar-refractivity contribution in [2.24, 2.45) is 0 Å². The molecule has 0 aromatic heterocycles. The minimum Gasteiger partial charge on any atom is -0.352 e. The number of nitrogens with one attached hydrogen (secondary N) is 1. The van der Waals surface area contributed by atoms with Crippen LogP contribution in [-0.2, 0) is 26.2 Å². The van der Waals surface area contributed by atoms with Crippen LogP contribution in [0.15, 0.2) is 48.5 Å². The predicted octanol–water partition coefficient (Wildman–Crippen LogP) is 4.72. The van der Waals surface area contributed by atoms with Gasteiger partial charge in [0.05, 0.1) is 11.9 Å². The van der Waals surface area contributed by atoms with Crippen molar-refractivity contribution < 1.29 is 18.0 Å². The van der Waals surface area contributed by atoms with Crippen LogP contribution >= 0.6 is 0 Å². The first-order chi connectivity index (χ1) is 17.5. The number of benzene rings is 2. The van der Waals surface area contributed by atoms with E-state index in [0.29, 0.717) is 18.7 Å². The third-order valence-corrected chi connectivity index (χ3v) is 8.23. The van der Waals surface area contributed by atoms with Gasteiger partial charge < -0.3 is 10.2 Å². The molecule has 1 saturated carbocycles. The zero-order valence-electron chi connectivity index (χ0n) is 22.6. The summed E-state index contributed by atoms with van der Waals surface area (Å²) in [7, 11) is -3.51. The standard InChI is InChI=1S/C29H41N3O4S/c1-22-15-17-25(18-16-22)21-31(24(3)29(34)30-26-11-6-5-7-12-26)28(33)14-9-19-32(37(4,35)36)27-13-8-10-23(2)20-27/h8,10,13,15-18,20,24,26H,5-7,9,11-12,14,19,21H2,1-4H3,(H,30,34). The van der Waals surface area contributed by atoms with Gasteiger partial charge in [0.2, 0.25) is 21.8 Å². The van der Waals surface area contributed by atoms with Crippen LogP contribution < -0.4 is 9.62 Å². The third kappa shape index (κ3) is 8.59. The molecule has 1 atom stereocenters. The van der Waals surface area contributed by atoms with Crippen molar-refractivity contribution in [3.63, 3.8) is 0 Å². The maximum atomic E-state index is 13.5. The fourth-order valence-corrected chi connectivity index (χ4v) is 5.79. The summed E-state index contributed by atoms with van der Waals surface area (Å²) in [5, 5.41) is 3.15. The lowest BCUT2D eigenvalue weighted by molar-refractivity contribution is -0.141. The molecule has 37 heavy (non-hydrogen) atoms. The Hall–Kier alpha value is -2.87. The topological polar surface area (TPSA) is 86.8 Å². The number of carbonyl (C=O) groups excluding carboxylic acids is 2. The maximum Gasteiger partial charge on any atom is 0.242 e. The fraction of sp³-hybridized carbons (Fsp3) is 0.517. The zero-order valence-corrected chi connectivity index (χ0v) is 23.4. The molecule has 202 valence electrons. The van der Waals surface area contributed by atoms with E-state index in [1.807, 2.05) is 56.3 Å². The van der Waals surface area contributed by atoms with Crippen molar-refractivity contribution in [3.05, 3.63) is 65.2 Å². The van der Waals surface area contributed by atoms with Gasteiger partial charge in [0.25, 0.3) is 0 Å². The van der Waals surface area contributed by atoms with Crippen molar-refractivity contribution >= 4 is 27.5 Å². The van der Waals surface area contributed by atoms with Crippen molar-refractivity contribution in [2.75, 3.05) is 17.1 Å². The quantitative estimate of drug-likeness (QED) is 0.458. The molecule has 0 saturated heterocycles. The molecule has 0 radical (unpaired) electrons. The molecule has 3 rings (SSSR count). The van der Waals surface area contributed by atoms with E-state index in [9.17, 15) is 18.0 Å². The predicted molar refractivity (Wildman–Crippen MR) is 149 cm³/mol. The van der Waals surface area contributed by atoms with Gasteiger partial charge in [-0.15, -0.1) is 0 Å². The molecule has 2 aromatic carbocycles. The summed E-state index contributed by atoms with van der Waals surface area (Å²) in [6, 6.07) is 14.8. The van der Waals surface area contributed by atoms with Crippen LogP contribution in [0.4, 0.5) is 5.69 Å². The molecule has 1 unspecified atom stereocenters. The molecule has 2 aromatic rings. The van der Waals surface area contributed by atoms with Gasteiger partial charge in [0.15, 0.2) is 0 Å². The van der Waals surface area contributed by atoms with Crippen molar-refractivity contribution in [3.8, 4) is 0 Å². The molecule has 7 nitrogen and oxygen atoms in total. The molecule has 2 amide bonds. The van der Waals surface area contributed by atoms with E-state index in [1.165, 1.54) is 17.0 Å². The Morgan fingerprint density at radius 3 is 2.30 bits per heavy atom. The van der Waals surface area contributed by atoms with E-state index in [-0.39, 0.29) is 30.8 Å². The average Bonchev–Trinajstić information content (AvgIpc) is 2.85. The second-order valence-corrected chi connectivity index (χ2v) is 12.2. The van der Waals surface area contributed by atoms with Gasteiger partial charge in [-0.05, 0) is 63.3 Å². The third-order valence-electron chi connectivity index (χ3n) is 7.03. The van der Waals surface area contributed by atoms with Crippen LogP contribution in [0.3, 0.4) is 0 Å². The molecule has 1 aliphatic rings. The Bertz CT molecular complexity index is 1160. The number of rotatable bonds is 11. The molecule has 8 heteroatoms. The number of aryl methyl sites for hydroxylation is 2. The van der Waals surface area contributed by atoms with Gasteiger partial charge in [-0.2, -0.15) is 0 Å². The van der Waals surface area contributed by atoms with Crippen LogP contribution in [0.1, 0.15) is 68.6 Å². The number of amides is 2. The smallest absolute Gasteiger partial charge is 0.242 e. The lowest BCUT2D eigenvalue weighted by atomic mass is 9.95. The zero-order chi connectivity index (χ0) is 27.0. The summed E-state index contributed by atoms with van der Waals surface area (Å²) < 4.78 is 26.3. The summed E-state index contributed by atoms with van der Waals surface area (Å²) in [4.78, 5) is 28.2. The van der Waals surface area contributed by atoms with Gasteiger partial charge in [0.1, 0.15) is 6.04 Å². The molecule has 0 heterocycles. The normalized spacial score (nSPS) is 15.1.